The number of carbonyl (C=O) groups excluding carboxylic acids is 2. The van der Waals surface area contributed by atoms with E-state index < -0.39 is 49.5 Å². The number of amides is 1. The molecule has 0 spiro atoms. The predicted molar refractivity (Wildman–Crippen MR) is 357 cm³/mol. The Labute approximate surface area is 523 Å². The maximum atomic E-state index is 13.0. The third-order valence-electron chi connectivity index (χ3n) is 17.2. The maximum Gasteiger partial charge on any atom is 0.305 e. The summed E-state index contributed by atoms with van der Waals surface area (Å²) in [5, 5.41) is 54.3. The molecule has 11 nitrogen and oxygen atoms in total. The number of nitrogens with one attached hydrogen (secondary N) is 1. The number of hydrogen-bond acceptors (Lipinski definition) is 10. The Morgan fingerprint density at radius 2 is 0.788 bits per heavy atom. The molecular weight excluding hydrogens is 1060 g/mol. The fraction of sp³-hybridized carbons (Fsp3) is 0.865. The van der Waals surface area contributed by atoms with Gasteiger partial charge in [-0.2, -0.15) is 0 Å². The van der Waals surface area contributed by atoms with E-state index in [0.29, 0.717) is 19.4 Å². The first-order valence-electron chi connectivity index (χ1n) is 36.4. The molecule has 7 unspecified atom stereocenters. The van der Waals surface area contributed by atoms with Gasteiger partial charge in [0.05, 0.1) is 32.0 Å². The molecule has 1 aliphatic heterocycles. The number of aliphatic hydroxyl groups is 5. The van der Waals surface area contributed by atoms with E-state index in [2.05, 4.69) is 55.6 Å². The van der Waals surface area contributed by atoms with Gasteiger partial charge < -0.3 is 45.1 Å². The van der Waals surface area contributed by atoms with Crippen LogP contribution in [0.4, 0.5) is 0 Å². The average molecular weight is 1200 g/mol. The summed E-state index contributed by atoms with van der Waals surface area (Å²) in [6, 6.07) is -0.807. The quantitative estimate of drug-likeness (QED) is 0.0195. The van der Waals surface area contributed by atoms with Crippen LogP contribution in [0.1, 0.15) is 348 Å². The van der Waals surface area contributed by atoms with E-state index in [4.69, 9.17) is 14.2 Å². The highest BCUT2D eigenvalue weighted by Crippen LogP contribution is 2.23. The van der Waals surface area contributed by atoms with Gasteiger partial charge >= 0.3 is 5.97 Å². The van der Waals surface area contributed by atoms with Crippen molar-refractivity contribution in [2.24, 2.45) is 0 Å². The molecule has 1 rings (SSSR count). The van der Waals surface area contributed by atoms with Gasteiger partial charge in [0.25, 0.3) is 0 Å². The summed E-state index contributed by atoms with van der Waals surface area (Å²) >= 11 is 0. The van der Waals surface area contributed by atoms with Crippen LogP contribution >= 0.6 is 0 Å². The van der Waals surface area contributed by atoms with Crippen molar-refractivity contribution in [2.75, 3.05) is 19.8 Å². The molecule has 1 heterocycles. The number of aliphatic hydroxyl groups excluding tert-OH is 5. The molecule has 1 saturated heterocycles. The molecule has 0 aromatic rings. The van der Waals surface area contributed by atoms with Gasteiger partial charge in [0, 0.05) is 12.8 Å². The summed E-state index contributed by atoms with van der Waals surface area (Å²) < 4.78 is 16.7. The minimum Gasteiger partial charge on any atom is -0.466 e. The van der Waals surface area contributed by atoms with Crippen LogP contribution in [0.5, 0.6) is 0 Å². The second kappa shape index (κ2) is 63.2. The van der Waals surface area contributed by atoms with Crippen molar-refractivity contribution in [3.63, 3.8) is 0 Å². The standard InChI is InChI=1S/C74H137NO10/c1-3-5-7-9-11-13-14-15-16-32-36-39-42-46-50-54-58-62-70(79)83-63-59-55-51-47-43-40-37-34-31-29-27-25-23-21-19-17-18-20-22-24-26-28-30-33-35-38-41-45-49-53-57-61-69(78)75-66(67(77)60-56-52-48-44-12-10-8-6-4-2)65-84-74-73(82)72(81)71(80)68(64-76)85-74/h11,13,15-16,19,21,56,60,66-68,71-74,76-77,80-82H,3-10,12,14,17-18,20,22-55,57-59,61-65H2,1-2H3,(H,75,78)/b13-11-,16-15-,21-19-,60-56+. The van der Waals surface area contributed by atoms with Crippen molar-refractivity contribution >= 4 is 11.9 Å². The van der Waals surface area contributed by atoms with Gasteiger partial charge in [-0.3, -0.25) is 9.59 Å². The van der Waals surface area contributed by atoms with E-state index >= 15 is 0 Å². The number of hydrogen-bond donors (Lipinski definition) is 6. The van der Waals surface area contributed by atoms with E-state index in [1.807, 2.05) is 6.08 Å². The zero-order chi connectivity index (χ0) is 61.6. The van der Waals surface area contributed by atoms with Crippen molar-refractivity contribution in [3.05, 3.63) is 48.6 Å². The Morgan fingerprint density at radius 1 is 0.435 bits per heavy atom. The zero-order valence-corrected chi connectivity index (χ0v) is 55.3. The second-order valence-electron chi connectivity index (χ2n) is 25.3. The van der Waals surface area contributed by atoms with Crippen LogP contribution in [-0.4, -0.2) is 100 Å². The molecular formula is C74H137NO10. The topological polar surface area (TPSA) is 175 Å². The van der Waals surface area contributed by atoms with Crippen molar-refractivity contribution < 1.29 is 49.3 Å². The summed E-state index contributed by atoms with van der Waals surface area (Å²) in [7, 11) is 0. The summed E-state index contributed by atoms with van der Waals surface area (Å²) in [6.45, 7) is 4.31. The van der Waals surface area contributed by atoms with Crippen LogP contribution < -0.4 is 5.32 Å². The molecule has 0 aromatic carbocycles. The fourth-order valence-electron chi connectivity index (χ4n) is 11.4. The lowest BCUT2D eigenvalue weighted by Crippen LogP contribution is -2.60. The number of unbranched alkanes of at least 4 members (excludes halogenated alkanes) is 44. The van der Waals surface area contributed by atoms with Crippen LogP contribution in [0.2, 0.25) is 0 Å². The molecule has 0 aromatic heterocycles. The lowest BCUT2D eigenvalue weighted by molar-refractivity contribution is -0.302. The summed E-state index contributed by atoms with van der Waals surface area (Å²) in [5.74, 6) is -0.179. The van der Waals surface area contributed by atoms with Gasteiger partial charge in [-0.15, -0.1) is 0 Å². The molecule has 1 fully saturated rings. The van der Waals surface area contributed by atoms with Crippen LogP contribution in [0.25, 0.3) is 0 Å². The molecule has 0 saturated carbocycles. The molecule has 85 heavy (non-hydrogen) atoms. The molecule has 11 heteroatoms. The van der Waals surface area contributed by atoms with Gasteiger partial charge in [0.2, 0.25) is 5.91 Å². The normalized spacial score (nSPS) is 18.2. The van der Waals surface area contributed by atoms with Crippen LogP contribution in [-0.2, 0) is 23.8 Å². The number of ether oxygens (including phenoxy) is 3. The summed E-state index contributed by atoms with van der Waals surface area (Å²) in [5.41, 5.74) is 0. The minimum atomic E-state index is -1.57. The lowest BCUT2D eigenvalue weighted by Gasteiger charge is -2.40. The van der Waals surface area contributed by atoms with E-state index in [0.717, 1.165) is 64.2 Å². The van der Waals surface area contributed by atoms with Crippen molar-refractivity contribution in [1.29, 1.82) is 0 Å². The Bertz CT molecular complexity index is 1550. The first-order chi connectivity index (χ1) is 41.7. The number of carbonyl (C=O) groups is 2. The number of rotatable bonds is 64. The molecule has 6 N–H and O–H groups in total. The Hall–Kier alpha value is -2.38. The fourth-order valence-corrected chi connectivity index (χ4v) is 11.4. The Kier molecular flexibility index (Phi) is 60.0. The molecule has 1 amide bonds. The van der Waals surface area contributed by atoms with Crippen LogP contribution in [0.15, 0.2) is 48.6 Å². The molecule has 1 aliphatic rings. The average Bonchev–Trinajstić information content (AvgIpc) is 3.60. The lowest BCUT2D eigenvalue weighted by atomic mass is 9.99. The van der Waals surface area contributed by atoms with E-state index in [1.54, 1.807) is 6.08 Å². The molecule has 0 radical (unpaired) electrons. The Balaban J connectivity index is 1.89. The number of allylic oxidation sites excluding steroid dienone is 7. The highest BCUT2D eigenvalue weighted by atomic mass is 16.7. The predicted octanol–water partition coefficient (Wildman–Crippen LogP) is 18.7. The van der Waals surface area contributed by atoms with Gasteiger partial charge in [0.1, 0.15) is 24.4 Å². The molecule has 0 bridgehead atoms. The van der Waals surface area contributed by atoms with E-state index in [1.165, 1.54) is 257 Å². The van der Waals surface area contributed by atoms with Gasteiger partial charge in [-0.05, 0) is 89.9 Å². The SMILES string of the molecule is CCCCC/C=C\C/C=C\CCCCCCCCCC(=O)OCCCCCCCCCCCCCC/C=C\CCCCCCCCCCCCCCCCCC(=O)NC(COC1OC(CO)C(O)C(O)C1O)C(O)/C=C/CCCCCCCCC. The Morgan fingerprint density at radius 3 is 1.22 bits per heavy atom. The molecule has 498 valence electrons. The first kappa shape index (κ1) is 80.6. The van der Waals surface area contributed by atoms with Crippen LogP contribution in [0.3, 0.4) is 0 Å². The largest absolute Gasteiger partial charge is 0.466 e. The summed E-state index contributed by atoms with van der Waals surface area (Å²) in [4.78, 5) is 25.1. The van der Waals surface area contributed by atoms with Gasteiger partial charge in [-0.25, -0.2) is 0 Å². The maximum absolute atomic E-state index is 13.0. The monoisotopic (exact) mass is 1200 g/mol. The van der Waals surface area contributed by atoms with Crippen molar-refractivity contribution in [3.8, 4) is 0 Å². The molecule has 7 atom stereocenters. The zero-order valence-electron chi connectivity index (χ0n) is 55.3. The third kappa shape index (κ3) is 52.1. The summed E-state index contributed by atoms with van der Waals surface area (Å²) in [6.07, 6.45) is 72.7. The van der Waals surface area contributed by atoms with Gasteiger partial charge in [0.15, 0.2) is 6.29 Å². The van der Waals surface area contributed by atoms with Crippen molar-refractivity contribution in [2.45, 2.75) is 391 Å². The third-order valence-corrected chi connectivity index (χ3v) is 17.2. The van der Waals surface area contributed by atoms with Crippen molar-refractivity contribution in [1.82, 2.24) is 5.32 Å². The first-order valence-corrected chi connectivity index (χ1v) is 36.4. The molecule has 0 aliphatic carbocycles. The second-order valence-corrected chi connectivity index (χ2v) is 25.3. The number of esters is 1. The highest BCUT2D eigenvalue weighted by Gasteiger charge is 2.44. The van der Waals surface area contributed by atoms with Gasteiger partial charge in [-0.1, -0.05) is 294 Å². The van der Waals surface area contributed by atoms with Crippen LogP contribution in [0, 0.1) is 0 Å². The minimum absolute atomic E-state index is 0.00200. The smallest absolute Gasteiger partial charge is 0.305 e. The highest BCUT2D eigenvalue weighted by molar-refractivity contribution is 5.76. The van der Waals surface area contributed by atoms with E-state index in [9.17, 15) is 35.1 Å². The van der Waals surface area contributed by atoms with E-state index in [-0.39, 0.29) is 18.5 Å².